The van der Waals surface area contributed by atoms with E-state index in [1.807, 2.05) is 26.0 Å². The maximum atomic E-state index is 13.8. The lowest BCUT2D eigenvalue weighted by atomic mass is 9.99. The van der Waals surface area contributed by atoms with Gasteiger partial charge in [-0.25, -0.2) is 9.37 Å². The molecule has 0 bridgehead atoms. The molecule has 0 fully saturated rings. The lowest BCUT2D eigenvalue weighted by molar-refractivity contribution is -0.117. The quantitative estimate of drug-likeness (QED) is 0.674. The summed E-state index contributed by atoms with van der Waals surface area (Å²) < 4.78 is 19.6. The molecule has 1 aromatic heterocycles. The zero-order valence-electron chi connectivity index (χ0n) is 15.0. The van der Waals surface area contributed by atoms with Crippen molar-refractivity contribution < 1.29 is 13.6 Å². The minimum absolute atomic E-state index is 0.263. The highest BCUT2D eigenvalue weighted by molar-refractivity contribution is 5.95. The van der Waals surface area contributed by atoms with Gasteiger partial charge < -0.3 is 9.73 Å². The minimum atomic E-state index is -0.587. The fourth-order valence-corrected chi connectivity index (χ4v) is 2.60. The van der Waals surface area contributed by atoms with Gasteiger partial charge in [0.15, 0.2) is 0 Å². The average molecular weight is 352 g/mol. The Labute approximate surface area is 152 Å². The number of oxazole rings is 1. The van der Waals surface area contributed by atoms with Crippen molar-refractivity contribution in [3.8, 4) is 11.5 Å². The fraction of sp³-hybridized carbons (Fsp3) is 0.238. The van der Waals surface area contributed by atoms with Crippen LogP contribution in [0.1, 0.15) is 43.9 Å². The van der Waals surface area contributed by atoms with E-state index in [9.17, 15) is 9.18 Å². The molecule has 0 saturated heterocycles. The molecule has 0 aliphatic rings. The summed E-state index contributed by atoms with van der Waals surface area (Å²) in [5.41, 5.74) is 1.84. The van der Waals surface area contributed by atoms with Crippen LogP contribution < -0.4 is 5.32 Å². The fourth-order valence-electron chi connectivity index (χ4n) is 2.60. The van der Waals surface area contributed by atoms with E-state index in [1.165, 1.54) is 6.07 Å². The number of hydrogen-bond acceptors (Lipinski definition) is 3. The van der Waals surface area contributed by atoms with Crippen LogP contribution in [0.4, 0.5) is 10.1 Å². The molecule has 2 aromatic carbocycles. The van der Waals surface area contributed by atoms with Gasteiger partial charge in [0.2, 0.25) is 11.8 Å². The van der Waals surface area contributed by atoms with Crippen molar-refractivity contribution in [1.82, 2.24) is 4.98 Å². The van der Waals surface area contributed by atoms with E-state index in [0.29, 0.717) is 17.1 Å². The lowest BCUT2D eigenvalue weighted by Gasteiger charge is -2.13. The summed E-state index contributed by atoms with van der Waals surface area (Å²) in [6.07, 6.45) is 1.73. The monoisotopic (exact) mass is 352 g/mol. The van der Waals surface area contributed by atoms with Crippen molar-refractivity contribution in [3.05, 3.63) is 71.9 Å². The molecule has 1 amide bonds. The number of aromatic nitrogens is 1. The third kappa shape index (κ3) is 3.82. The Kier molecular flexibility index (Phi) is 5.16. The van der Waals surface area contributed by atoms with Crippen LogP contribution in [-0.2, 0) is 4.79 Å². The predicted molar refractivity (Wildman–Crippen MR) is 99.5 cm³/mol. The number of carbonyl (C=O) groups excluding carboxylic acids is 1. The van der Waals surface area contributed by atoms with E-state index in [4.69, 9.17) is 4.42 Å². The topological polar surface area (TPSA) is 55.1 Å². The largest absolute Gasteiger partial charge is 0.441 e. The van der Waals surface area contributed by atoms with Crippen molar-refractivity contribution in [2.24, 2.45) is 0 Å². The van der Waals surface area contributed by atoms with Crippen LogP contribution in [0.5, 0.6) is 0 Å². The van der Waals surface area contributed by atoms with Crippen LogP contribution >= 0.6 is 0 Å². The minimum Gasteiger partial charge on any atom is -0.441 e. The molecule has 3 rings (SSSR count). The van der Waals surface area contributed by atoms with Gasteiger partial charge in [-0.1, -0.05) is 32.0 Å². The Morgan fingerprint density at radius 3 is 2.38 bits per heavy atom. The zero-order chi connectivity index (χ0) is 18.7. The van der Waals surface area contributed by atoms with Crippen LogP contribution in [0.3, 0.4) is 0 Å². The molecular formula is C21H21FN2O2. The standard InChI is InChI=1S/C21H21FN2O2/c1-13(2)19-12-23-21(26-19)15-8-10-16(11-9-15)24-20(25)14(3)17-6-4-5-7-18(17)22/h4-14H,1-3H3,(H,24,25). The Morgan fingerprint density at radius 1 is 1.08 bits per heavy atom. The van der Waals surface area contributed by atoms with Gasteiger partial charge in [-0.05, 0) is 42.8 Å². The van der Waals surface area contributed by atoms with E-state index >= 15 is 0 Å². The van der Waals surface area contributed by atoms with E-state index in [1.54, 1.807) is 43.5 Å². The first-order valence-electron chi connectivity index (χ1n) is 8.57. The first-order chi connectivity index (χ1) is 12.5. The van der Waals surface area contributed by atoms with Crippen molar-refractivity contribution in [3.63, 3.8) is 0 Å². The maximum Gasteiger partial charge on any atom is 0.231 e. The number of benzene rings is 2. The second-order valence-corrected chi connectivity index (χ2v) is 6.53. The lowest BCUT2D eigenvalue weighted by Crippen LogP contribution is -2.19. The summed E-state index contributed by atoms with van der Waals surface area (Å²) in [5, 5.41) is 2.81. The molecule has 0 spiro atoms. The Hall–Kier alpha value is -2.95. The normalized spacial score (nSPS) is 12.2. The van der Waals surface area contributed by atoms with Gasteiger partial charge in [0.25, 0.3) is 0 Å². The summed E-state index contributed by atoms with van der Waals surface area (Å²) in [7, 11) is 0. The first-order valence-corrected chi connectivity index (χ1v) is 8.57. The van der Waals surface area contributed by atoms with Gasteiger partial charge in [-0.3, -0.25) is 4.79 Å². The maximum absolute atomic E-state index is 13.8. The number of amides is 1. The Morgan fingerprint density at radius 2 is 1.77 bits per heavy atom. The van der Waals surface area contributed by atoms with Crippen molar-refractivity contribution in [2.75, 3.05) is 5.32 Å². The third-order valence-corrected chi connectivity index (χ3v) is 4.26. The molecule has 1 N–H and O–H groups in total. The van der Waals surface area contributed by atoms with E-state index in [0.717, 1.165) is 11.3 Å². The smallest absolute Gasteiger partial charge is 0.231 e. The molecule has 0 aliphatic carbocycles. The van der Waals surface area contributed by atoms with Crippen LogP contribution in [-0.4, -0.2) is 10.9 Å². The van der Waals surface area contributed by atoms with Gasteiger partial charge in [0.05, 0.1) is 12.1 Å². The molecule has 1 atom stereocenters. The highest BCUT2D eigenvalue weighted by Crippen LogP contribution is 2.25. The van der Waals surface area contributed by atoms with Crippen LogP contribution in [0.2, 0.25) is 0 Å². The van der Waals surface area contributed by atoms with Crippen LogP contribution in [0.25, 0.3) is 11.5 Å². The predicted octanol–water partition coefficient (Wildman–Crippen LogP) is 5.35. The zero-order valence-corrected chi connectivity index (χ0v) is 15.0. The van der Waals surface area contributed by atoms with Gasteiger partial charge in [-0.15, -0.1) is 0 Å². The van der Waals surface area contributed by atoms with Crippen LogP contribution in [0, 0.1) is 5.82 Å². The molecule has 0 saturated carbocycles. The Balaban J connectivity index is 1.70. The molecule has 0 aliphatic heterocycles. The molecule has 4 nitrogen and oxygen atoms in total. The van der Waals surface area contributed by atoms with Crippen molar-refractivity contribution in [1.29, 1.82) is 0 Å². The number of halogens is 1. The van der Waals surface area contributed by atoms with E-state index in [-0.39, 0.29) is 17.6 Å². The number of nitrogens with one attached hydrogen (secondary N) is 1. The van der Waals surface area contributed by atoms with Crippen molar-refractivity contribution in [2.45, 2.75) is 32.6 Å². The second-order valence-electron chi connectivity index (χ2n) is 6.53. The highest BCUT2D eigenvalue weighted by Gasteiger charge is 2.18. The van der Waals surface area contributed by atoms with E-state index < -0.39 is 5.92 Å². The second kappa shape index (κ2) is 7.52. The molecule has 5 heteroatoms. The number of hydrogen-bond donors (Lipinski definition) is 1. The first kappa shape index (κ1) is 17.9. The van der Waals surface area contributed by atoms with Gasteiger partial charge >= 0.3 is 0 Å². The third-order valence-electron chi connectivity index (χ3n) is 4.26. The van der Waals surface area contributed by atoms with Crippen LogP contribution in [0.15, 0.2) is 59.1 Å². The van der Waals surface area contributed by atoms with E-state index in [2.05, 4.69) is 10.3 Å². The number of carbonyl (C=O) groups is 1. The van der Waals surface area contributed by atoms with Crippen molar-refractivity contribution >= 4 is 11.6 Å². The molecule has 26 heavy (non-hydrogen) atoms. The number of anilines is 1. The molecule has 0 radical (unpaired) electrons. The van der Waals surface area contributed by atoms with Gasteiger partial charge in [0, 0.05) is 17.2 Å². The van der Waals surface area contributed by atoms with Gasteiger partial charge in [0.1, 0.15) is 11.6 Å². The summed E-state index contributed by atoms with van der Waals surface area (Å²) in [6, 6.07) is 13.5. The SMILES string of the molecule is CC(C)c1cnc(-c2ccc(NC(=O)C(C)c3ccccc3F)cc2)o1. The summed E-state index contributed by atoms with van der Waals surface area (Å²) in [6.45, 7) is 5.77. The molecule has 3 aromatic rings. The number of rotatable bonds is 5. The van der Waals surface area contributed by atoms with Gasteiger partial charge in [-0.2, -0.15) is 0 Å². The molecule has 134 valence electrons. The summed E-state index contributed by atoms with van der Waals surface area (Å²) in [4.78, 5) is 16.7. The summed E-state index contributed by atoms with van der Waals surface area (Å²) in [5.74, 6) is 0.421. The average Bonchev–Trinajstić information content (AvgIpc) is 3.12. The molecule has 1 unspecified atom stereocenters. The highest BCUT2D eigenvalue weighted by atomic mass is 19.1. The summed E-state index contributed by atoms with van der Waals surface area (Å²) >= 11 is 0. The molecular weight excluding hydrogens is 331 g/mol. The number of nitrogens with zero attached hydrogens (tertiary/aromatic N) is 1. The molecule has 1 heterocycles. The Bertz CT molecular complexity index is 900.